The molecule has 0 aliphatic rings. The predicted octanol–water partition coefficient (Wildman–Crippen LogP) is 1.06. The molecule has 0 unspecified atom stereocenters. The Bertz CT molecular complexity index is 180. The zero-order chi connectivity index (χ0) is 8.69. The van der Waals surface area contributed by atoms with Crippen LogP contribution in [0.1, 0.15) is 6.92 Å². The van der Waals surface area contributed by atoms with Crippen LogP contribution in [0.4, 0.5) is 0 Å². The van der Waals surface area contributed by atoms with Crippen molar-refractivity contribution >= 4 is 0 Å². The molecule has 0 saturated heterocycles. The minimum Gasteiger partial charge on any atom is -0.504 e. The number of nitrogens with two attached hydrogens (primary N) is 1. The minimum absolute atomic E-state index is 0.0764. The molecule has 1 aromatic carbocycles. The van der Waals surface area contributed by atoms with Gasteiger partial charge in [-0.05, 0) is 18.7 Å². The van der Waals surface area contributed by atoms with Gasteiger partial charge in [-0.15, -0.1) is 0 Å². The van der Waals surface area contributed by atoms with Crippen LogP contribution in [0.3, 0.4) is 0 Å². The van der Waals surface area contributed by atoms with Crippen LogP contribution < -0.4 is 5.73 Å². The summed E-state index contributed by atoms with van der Waals surface area (Å²) in [6.07, 6.45) is 0. The summed E-state index contributed by atoms with van der Waals surface area (Å²) in [6, 6.07) is 6.15. The average Bonchev–Trinajstić information content (AvgIpc) is 1.97. The number of benzene rings is 1. The van der Waals surface area contributed by atoms with Crippen LogP contribution in [-0.2, 0) is 0 Å². The van der Waals surface area contributed by atoms with Crippen molar-refractivity contribution in [3.8, 4) is 11.5 Å². The van der Waals surface area contributed by atoms with Gasteiger partial charge in [0.15, 0.2) is 11.5 Å². The predicted molar refractivity (Wildman–Crippen MR) is 44.5 cm³/mol. The van der Waals surface area contributed by atoms with E-state index in [1.807, 2.05) is 6.92 Å². The maximum Gasteiger partial charge on any atom is 0.157 e. The molecule has 0 bridgehead atoms. The summed E-state index contributed by atoms with van der Waals surface area (Å²) in [5.74, 6) is -0.153. The monoisotopic (exact) mass is 155 g/mol. The number of hydrogen-bond donors (Lipinski definition) is 3. The summed E-state index contributed by atoms with van der Waals surface area (Å²) in [7, 11) is 0. The third-order valence-corrected chi connectivity index (χ3v) is 0.882. The summed E-state index contributed by atoms with van der Waals surface area (Å²) in [6.45, 7) is 2.65. The van der Waals surface area contributed by atoms with Gasteiger partial charge in [0.25, 0.3) is 0 Å². The van der Waals surface area contributed by atoms with Crippen molar-refractivity contribution in [2.75, 3.05) is 6.54 Å². The molecule has 3 nitrogen and oxygen atoms in total. The number of aromatic hydroxyl groups is 2. The standard InChI is InChI=1S/C6H6O2.C2H7N/c7-5-3-1-2-4-6(5)8;1-2-3/h1-4,7-8H;2-3H2,1H3. The van der Waals surface area contributed by atoms with Gasteiger partial charge in [0.05, 0.1) is 0 Å². The normalized spacial score (nSPS) is 8.18. The highest BCUT2D eigenvalue weighted by Crippen LogP contribution is 2.21. The Hall–Kier alpha value is -1.22. The van der Waals surface area contributed by atoms with Gasteiger partial charge in [-0.3, -0.25) is 0 Å². The van der Waals surface area contributed by atoms with E-state index in [4.69, 9.17) is 15.9 Å². The third-order valence-electron chi connectivity index (χ3n) is 0.882. The number of rotatable bonds is 0. The Morgan fingerprint density at radius 3 is 1.64 bits per heavy atom. The quantitative estimate of drug-likeness (QED) is 0.491. The van der Waals surface area contributed by atoms with Crippen LogP contribution in [0.25, 0.3) is 0 Å². The van der Waals surface area contributed by atoms with Crippen LogP contribution in [0.15, 0.2) is 24.3 Å². The lowest BCUT2D eigenvalue weighted by molar-refractivity contribution is 0.404. The van der Waals surface area contributed by atoms with Crippen LogP contribution in [0.5, 0.6) is 11.5 Å². The molecule has 0 spiro atoms. The molecular formula is C8H13NO2. The van der Waals surface area contributed by atoms with Crippen LogP contribution >= 0.6 is 0 Å². The Kier molecular flexibility index (Phi) is 4.94. The van der Waals surface area contributed by atoms with Gasteiger partial charge >= 0.3 is 0 Å². The Morgan fingerprint density at radius 2 is 1.45 bits per heavy atom. The largest absolute Gasteiger partial charge is 0.504 e. The van der Waals surface area contributed by atoms with E-state index >= 15 is 0 Å². The smallest absolute Gasteiger partial charge is 0.157 e. The second-order valence-corrected chi connectivity index (χ2v) is 1.90. The van der Waals surface area contributed by atoms with E-state index in [0.29, 0.717) is 0 Å². The number of hydrogen-bond acceptors (Lipinski definition) is 3. The maximum absolute atomic E-state index is 8.67. The Morgan fingerprint density at radius 1 is 1.18 bits per heavy atom. The molecule has 0 saturated carbocycles. The number of para-hydroxylation sites is 2. The highest BCUT2D eigenvalue weighted by Gasteiger charge is 1.90. The molecular weight excluding hydrogens is 142 g/mol. The first kappa shape index (κ1) is 9.78. The molecule has 62 valence electrons. The summed E-state index contributed by atoms with van der Waals surface area (Å²) in [4.78, 5) is 0. The third kappa shape index (κ3) is 4.22. The van der Waals surface area contributed by atoms with Gasteiger partial charge < -0.3 is 15.9 Å². The second kappa shape index (κ2) is 5.56. The topological polar surface area (TPSA) is 66.5 Å². The van der Waals surface area contributed by atoms with Gasteiger partial charge in [-0.2, -0.15) is 0 Å². The summed E-state index contributed by atoms with van der Waals surface area (Å²) < 4.78 is 0. The van der Waals surface area contributed by atoms with Gasteiger partial charge in [0.1, 0.15) is 0 Å². The van der Waals surface area contributed by atoms with E-state index in [-0.39, 0.29) is 11.5 Å². The van der Waals surface area contributed by atoms with Gasteiger partial charge in [0, 0.05) is 0 Å². The lowest BCUT2D eigenvalue weighted by Crippen LogP contribution is -1.87. The Balaban J connectivity index is 0.000000292. The first-order valence-electron chi connectivity index (χ1n) is 3.39. The lowest BCUT2D eigenvalue weighted by atomic mass is 10.3. The highest BCUT2D eigenvalue weighted by atomic mass is 16.3. The first-order valence-corrected chi connectivity index (χ1v) is 3.39. The van der Waals surface area contributed by atoms with E-state index in [9.17, 15) is 0 Å². The molecule has 0 heterocycles. The summed E-state index contributed by atoms with van der Waals surface area (Å²) in [5, 5.41) is 17.3. The van der Waals surface area contributed by atoms with Crippen molar-refractivity contribution in [3.63, 3.8) is 0 Å². The molecule has 1 rings (SSSR count). The maximum atomic E-state index is 8.67. The number of phenols is 2. The van der Waals surface area contributed by atoms with E-state index < -0.39 is 0 Å². The van der Waals surface area contributed by atoms with Crippen LogP contribution in [0.2, 0.25) is 0 Å². The fraction of sp³-hybridized carbons (Fsp3) is 0.250. The van der Waals surface area contributed by atoms with Crippen molar-refractivity contribution in [3.05, 3.63) is 24.3 Å². The molecule has 1 aromatic rings. The molecule has 0 aromatic heterocycles. The molecule has 0 aliphatic heterocycles. The molecule has 0 aliphatic carbocycles. The summed E-state index contributed by atoms with van der Waals surface area (Å²) in [5.41, 5.74) is 4.85. The van der Waals surface area contributed by atoms with Crippen molar-refractivity contribution in [2.24, 2.45) is 5.73 Å². The van der Waals surface area contributed by atoms with E-state index in [0.717, 1.165) is 6.54 Å². The molecule has 4 N–H and O–H groups in total. The second-order valence-electron chi connectivity index (χ2n) is 1.90. The molecule has 0 amide bonds. The molecule has 0 radical (unpaired) electrons. The molecule has 0 fully saturated rings. The molecule has 11 heavy (non-hydrogen) atoms. The van der Waals surface area contributed by atoms with Gasteiger partial charge in [-0.1, -0.05) is 19.1 Å². The van der Waals surface area contributed by atoms with Crippen molar-refractivity contribution < 1.29 is 10.2 Å². The van der Waals surface area contributed by atoms with Crippen molar-refractivity contribution in [2.45, 2.75) is 6.92 Å². The summed E-state index contributed by atoms with van der Waals surface area (Å²) >= 11 is 0. The SMILES string of the molecule is CCN.Oc1ccccc1O. The van der Waals surface area contributed by atoms with Crippen LogP contribution in [0, 0.1) is 0 Å². The zero-order valence-electron chi connectivity index (χ0n) is 6.49. The Labute approximate surface area is 66.1 Å². The first-order chi connectivity index (χ1) is 5.22. The molecule has 0 atom stereocenters. The average molecular weight is 155 g/mol. The van der Waals surface area contributed by atoms with Crippen LogP contribution in [-0.4, -0.2) is 16.8 Å². The van der Waals surface area contributed by atoms with E-state index in [1.165, 1.54) is 12.1 Å². The fourth-order valence-electron chi connectivity index (χ4n) is 0.464. The van der Waals surface area contributed by atoms with Crippen molar-refractivity contribution in [1.29, 1.82) is 0 Å². The molecule has 3 heteroatoms. The van der Waals surface area contributed by atoms with Gasteiger partial charge in [-0.25, -0.2) is 0 Å². The van der Waals surface area contributed by atoms with E-state index in [2.05, 4.69) is 0 Å². The fourth-order valence-corrected chi connectivity index (χ4v) is 0.464. The lowest BCUT2D eigenvalue weighted by Gasteiger charge is -1.91. The minimum atomic E-state index is -0.0764. The number of phenolic OH excluding ortho intramolecular Hbond substituents is 2. The van der Waals surface area contributed by atoms with Crippen molar-refractivity contribution in [1.82, 2.24) is 0 Å². The van der Waals surface area contributed by atoms with Gasteiger partial charge in [0.2, 0.25) is 0 Å². The highest BCUT2D eigenvalue weighted by molar-refractivity contribution is 5.36. The zero-order valence-corrected chi connectivity index (χ0v) is 6.49. The van der Waals surface area contributed by atoms with E-state index in [1.54, 1.807) is 12.1 Å².